The largest absolute Gasteiger partial charge is 0.299 e. The van der Waals surface area contributed by atoms with Crippen LogP contribution in [-0.2, 0) is 19.2 Å². The van der Waals surface area contributed by atoms with E-state index in [2.05, 4.69) is 0 Å². The highest BCUT2D eigenvalue weighted by Crippen LogP contribution is 2.26. The van der Waals surface area contributed by atoms with Crippen molar-refractivity contribution in [1.82, 2.24) is 4.90 Å². The average molecular weight is 444 g/mol. The third-order valence-corrected chi connectivity index (χ3v) is 7.41. The van der Waals surface area contributed by atoms with Crippen LogP contribution in [0.1, 0.15) is 72.6 Å². The molecule has 0 radical (unpaired) electrons. The number of ketones is 2. The molecule has 1 aliphatic rings. The van der Waals surface area contributed by atoms with Crippen molar-refractivity contribution in [3.8, 4) is 0 Å². The second kappa shape index (κ2) is 14.2. The Bertz CT molecular complexity index is 563. The lowest BCUT2D eigenvalue weighted by Crippen LogP contribution is -2.32. The first-order valence-corrected chi connectivity index (χ1v) is 13.0. The van der Waals surface area contributed by atoms with Crippen LogP contribution in [0.4, 0.5) is 0 Å². The van der Waals surface area contributed by atoms with Gasteiger partial charge in [0.25, 0.3) is 0 Å². The number of Topliss-reactive ketones (excluding diaryl/α,β-unsaturated/α-hetero) is 2. The Morgan fingerprint density at radius 3 is 2.21 bits per heavy atom. The number of carbonyl (C=O) groups excluding carboxylic acids is 4. The smallest absolute Gasteiger partial charge is 0.242 e. The highest BCUT2D eigenvalue weighted by Gasteiger charge is 2.38. The molecule has 1 aliphatic heterocycles. The molecule has 1 heterocycles. The predicted molar refractivity (Wildman–Crippen MR) is 122 cm³/mol. The second-order valence-electron chi connectivity index (χ2n) is 8.22. The Labute approximate surface area is 184 Å². The van der Waals surface area contributed by atoms with Crippen molar-refractivity contribution in [2.75, 3.05) is 23.8 Å². The van der Waals surface area contributed by atoms with Gasteiger partial charge < -0.3 is 0 Å². The van der Waals surface area contributed by atoms with Crippen molar-refractivity contribution in [3.63, 3.8) is 0 Å². The maximum atomic E-state index is 12.5. The van der Waals surface area contributed by atoms with Crippen LogP contribution in [0.15, 0.2) is 0 Å². The summed E-state index contributed by atoms with van der Waals surface area (Å²) in [4.78, 5) is 49.2. The van der Waals surface area contributed by atoms with Gasteiger partial charge in [-0.2, -0.15) is 11.8 Å². The van der Waals surface area contributed by atoms with E-state index in [4.69, 9.17) is 0 Å². The van der Waals surface area contributed by atoms with E-state index in [0.29, 0.717) is 31.6 Å². The summed E-state index contributed by atoms with van der Waals surface area (Å²) in [6, 6.07) is 0. The van der Waals surface area contributed by atoms with Crippen molar-refractivity contribution in [1.29, 1.82) is 0 Å². The lowest BCUT2D eigenvalue weighted by atomic mass is 10.0. The molecule has 29 heavy (non-hydrogen) atoms. The summed E-state index contributed by atoms with van der Waals surface area (Å²) in [5, 5.41) is -0.238. The van der Waals surface area contributed by atoms with E-state index in [0.717, 1.165) is 42.9 Å². The Morgan fingerprint density at radius 2 is 1.55 bits per heavy atom. The van der Waals surface area contributed by atoms with E-state index in [-0.39, 0.29) is 34.7 Å². The number of hydrogen-bond acceptors (Lipinski definition) is 6. The Hall–Kier alpha value is -0.820. The second-order valence-corrected chi connectivity index (χ2v) is 10.8. The zero-order valence-electron chi connectivity index (χ0n) is 18.4. The van der Waals surface area contributed by atoms with Crippen LogP contribution >= 0.6 is 23.5 Å². The predicted octanol–water partition coefficient (Wildman–Crippen LogP) is 4.37. The van der Waals surface area contributed by atoms with Gasteiger partial charge in [0.05, 0.1) is 5.25 Å². The number of hydrogen-bond donors (Lipinski definition) is 0. The monoisotopic (exact) mass is 443 g/mol. The maximum absolute atomic E-state index is 12.5. The van der Waals surface area contributed by atoms with Gasteiger partial charge in [-0.05, 0) is 30.8 Å². The van der Waals surface area contributed by atoms with Gasteiger partial charge in [0.15, 0.2) is 0 Å². The number of carbonyl (C=O) groups is 4. The van der Waals surface area contributed by atoms with Crippen molar-refractivity contribution < 1.29 is 19.2 Å². The topological polar surface area (TPSA) is 71.5 Å². The fourth-order valence-corrected chi connectivity index (χ4v) is 5.21. The standard InChI is InChI=1S/C22H37NO4S2/c1-16(2)18(24)9-6-5-7-11-23-21(26)15-20(22(23)27)29-13-8-12-28-14-10-19(25)17(3)4/h16-17,20H,5-15H2,1-4H3. The summed E-state index contributed by atoms with van der Waals surface area (Å²) >= 11 is 3.37. The zero-order valence-corrected chi connectivity index (χ0v) is 20.0. The van der Waals surface area contributed by atoms with Gasteiger partial charge in [-0.1, -0.05) is 34.1 Å². The zero-order chi connectivity index (χ0) is 21.8. The molecule has 0 bridgehead atoms. The summed E-state index contributed by atoms with van der Waals surface area (Å²) in [6.45, 7) is 8.16. The minimum absolute atomic E-state index is 0.0477. The molecule has 0 N–H and O–H groups in total. The molecule has 0 aliphatic carbocycles. The summed E-state index contributed by atoms with van der Waals surface area (Å²) in [5.41, 5.74) is 0. The van der Waals surface area contributed by atoms with Crippen molar-refractivity contribution in [3.05, 3.63) is 0 Å². The quantitative estimate of drug-likeness (QED) is 0.260. The number of amides is 2. The maximum Gasteiger partial charge on any atom is 0.242 e. The highest BCUT2D eigenvalue weighted by molar-refractivity contribution is 8.01. The number of unbranched alkanes of at least 4 members (excludes halogenated alkanes) is 2. The van der Waals surface area contributed by atoms with Gasteiger partial charge in [0, 0.05) is 43.4 Å². The number of likely N-dealkylation sites (tertiary alicyclic amines) is 1. The summed E-state index contributed by atoms with van der Waals surface area (Å²) < 4.78 is 0. The molecule has 1 atom stereocenters. The third-order valence-electron chi connectivity index (χ3n) is 5.04. The number of thioether (sulfide) groups is 2. The number of rotatable bonds is 16. The fraction of sp³-hybridized carbons (Fsp3) is 0.818. The molecule has 1 unspecified atom stereocenters. The van der Waals surface area contributed by atoms with Gasteiger partial charge in [-0.25, -0.2) is 0 Å². The molecule has 7 heteroatoms. The van der Waals surface area contributed by atoms with Gasteiger partial charge in [-0.3, -0.25) is 24.1 Å². The van der Waals surface area contributed by atoms with E-state index in [1.54, 1.807) is 23.5 Å². The Morgan fingerprint density at radius 1 is 0.897 bits per heavy atom. The van der Waals surface area contributed by atoms with Crippen molar-refractivity contribution in [2.24, 2.45) is 11.8 Å². The molecule has 0 aromatic carbocycles. The summed E-state index contributed by atoms with van der Waals surface area (Å²) in [6.07, 6.45) is 4.97. The molecule has 1 rings (SSSR count). The Balaban J connectivity index is 2.14. The van der Waals surface area contributed by atoms with Crippen LogP contribution in [0.2, 0.25) is 0 Å². The molecule has 1 fully saturated rings. The lowest BCUT2D eigenvalue weighted by Gasteiger charge is -2.14. The van der Waals surface area contributed by atoms with Crippen molar-refractivity contribution >= 4 is 46.9 Å². The highest BCUT2D eigenvalue weighted by atomic mass is 32.2. The van der Waals surface area contributed by atoms with Gasteiger partial charge in [0.1, 0.15) is 11.6 Å². The van der Waals surface area contributed by atoms with E-state index < -0.39 is 0 Å². The van der Waals surface area contributed by atoms with Crippen LogP contribution in [0, 0.1) is 11.8 Å². The van der Waals surface area contributed by atoms with Gasteiger partial charge in [0.2, 0.25) is 11.8 Å². The van der Waals surface area contributed by atoms with Gasteiger partial charge >= 0.3 is 0 Å². The van der Waals surface area contributed by atoms with Crippen LogP contribution in [0.3, 0.4) is 0 Å². The first-order valence-electron chi connectivity index (χ1n) is 10.8. The summed E-state index contributed by atoms with van der Waals surface area (Å²) in [5.74, 6) is 3.37. The molecule has 5 nitrogen and oxygen atoms in total. The van der Waals surface area contributed by atoms with E-state index in [9.17, 15) is 19.2 Å². The molecule has 0 saturated carbocycles. The Kier molecular flexibility index (Phi) is 12.9. The normalized spacial score (nSPS) is 17.0. The molecule has 0 aromatic heterocycles. The van der Waals surface area contributed by atoms with Crippen LogP contribution in [0.25, 0.3) is 0 Å². The van der Waals surface area contributed by atoms with Crippen LogP contribution in [-0.4, -0.2) is 57.3 Å². The molecule has 2 amide bonds. The van der Waals surface area contributed by atoms with Crippen molar-refractivity contribution in [2.45, 2.75) is 77.9 Å². The molecular weight excluding hydrogens is 406 g/mol. The third kappa shape index (κ3) is 10.2. The van der Waals surface area contributed by atoms with Crippen LogP contribution in [0.5, 0.6) is 0 Å². The fourth-order valence-electron chi connectivity index (χ4n) is 3.00. The number of nitrogens with zero attached hydrogens (tertiary/aromatic N) is 1. The molecule has 166 valence electrons. The first-order chi connectivity index (χ1) is 13.7. The lowest BCUT2D eigenvalue weighted by molar-refractivity contribution is -0.138. The van der Waals surface area contributed by atoms with Gasteiger partial charge in [-0.15, -0.1) is 11.8 Å². The van der Waals surface area contributed by atoms with E-state index >= 15 is 0 Å². The summed E-state index contributed by atoms with van der Waals surface area (Å²) in [7, 11) is 0. The van der Waals surface area contributed by atoms with E-state index in [1.807, 2.05) is 27.7 Å². The molecule has 0 spiro atoms. The van der Waals surface area contributed by atoms with E-state index in [1.165, 1.54) is 4.90 Å². The number of imide groups is 1. The average Bonchev–Trinajstić information content (AvgIpc) is 2.93. The molecule has 0 aromatic rings. The van der Waals surface area contributed by atoms with Crippen LogP contribution < -0.4 is 0 Å². The minimum atomic E-state index is -0.238. The molecule has 1 saturated heterocycles. The SMILES string of the molecule is CC(C)C(=O)CCCCCN1C(=O)CC(SCCCSCCC(=O)C(C)C)C1=O. The minimum Gasteiger partial charge on any atom is -0.299 e. The first kappa shape index (κ1) is 26.2. The molecular formula is C22H37NO4S2.